The van der Waals surface area contributed by atoms with Gasteiger partial charge >= 0.3 is 0 Å². The average molecular weight is 434 g/mol. The minimum absolute atomic E-state index is 0.321. The van der Waals surface area contributed by atoms with Crippen molar-refractivity contribution in [2.24, 2.45) is 0 Å². The summed E-state index contributed by atoms with van der Waals surface area (Å²) in [6, 6.07) is 8.65. The first-order valence-corrected chi connectivity index (χ1v) is 12.0. The Morgan fingerprint density at radius 1 is 1.00 bits per heavy atom. The summed E-state index contributed by atoms with van der Waals surface area (Å²) >= 11 is 6.16. The van der Waals surface area contributed by atoms with E-state index in [4.69, 9.17) is 11.6 Å². The number of halogens is 1. The van der Waals surface area contributed by atoms with E-state index in [1.807, 2.05) is 12.1 Å². The Kier molecular flexibility index (Phi) is 7.52. The molecule has 6 nitrogen and oxygen atoms in total. The van der Waals surface area contributed by atoms with Crippen molar-refractivity contribution in [3.8, 4) is 0 Å². The summed E-state index contributed by atoms with van der Waals surface area (Å²) in [5, 5.41) is 0.799. The molecule has 1 aromatic carbocycles. The summed E-state index contributed by atoms with van der Waals surface area (Å²) in [5.74, 6) is 0.321. The normalized spacial score (nSPS) is 24.9. The zero-order valence-corrected chi connectivity index (χ0v) is 19.1. The molecule has 0 aliphatic carbocycles. The SMILES string of the molecule is CCN1CCN(CC(=O)N2CCC[C@@H](N3CCN(c4cccc(Cl)c4)CC3)C2)CC1. The van der Waals surface area contributed by atoms with Crippen molar-refractivity contribution < 1.29 is 4.79 Å². The Hall–Kier alpha value is -1.34. The predicted octanol–water partition coefficient (Wildman–Crippen LogP) is 2.09. The van der Waals surface area contributed by atoms with Crippen molar-refractivity contribution in [3.05, 3.63) is 29.3 Å². The molecular formula is C23H36ClN5O. The molecule has 3 aliphatic rings. The lowest BCUT2D eigenvalue weighted by Gasteiger charge is -2.44. The van der Waals surface area contributed by atoms with Crippen LogP contribution in [0.1, 0.15) is 19.8 Å². The number of nitrogens with zero attached hydrogens (tertiary/aromatic N) is 5. The lowest BCUT2D eigenvalue weighted by atomic mass is 10.0. The second kappa shape index (κ2) is 10.3. The van der Waals surface area contributed by atoms with Gasteiger partial charge in [0, 0.05) is 82.2 Å². The lowest BCUT2D eigenvalue weighted by Crippen LogP contribution is -2.57. The van der Waals surface area contributed by atoms with Crippen molar-refractivity contribution in [1.29, 1.82) is 0 Å². The first-order valence-electron chi connectivity index (χ1n) is 11.6. The molecule has 3 fully saturated rings. The number of likely N-dealkylation sites (tertiary alicyclic amines) is 1. The molecule has 1 amide bonds. The van der Waals surface area contributed by atoms with Gasteiger partial charge in [-0.15, -0.1) is 0 Å². The second-order valence-electron chi connectivity index (χ2n) is 8.85. The molecule has 1 atom stereocenters. The van der Waals surface area contributed by atoms with Crippen molar-refractivity contribution in [1.82, 2.24) is 19.6 Å². The van der Waals surface area contributed by atoms with Crippen LogP contribution in [0.2, 0.25) is 5.02 Å². The molecule has 0 saturated carbocycles. The van der Waals surface area contributed by atoms with Crippen LogP contribution in [0.3, 0.4) is 0 Å². The molecule has 3 saturated heterocycles. The highest BCUT2D eigenvalue weighted by Crippen LogP contribution is 2.23. The van der Waals surface area contributed by atoms with Gasteiger partial charge in [-0.3, -0.25) is 14.6 Å². The number of carbonyl (C=O) groups is 1. The van der Waals surface area contributed by atoms with Crippen LogP contribution >= 0.6 is 11.6 Å². The van der Waals surface area contributed by atoms with Gasteiger partial charge in [0.1, 0.15) is 0 Å². The van der Waals surface area contributed by atoms with Gasteiger partial charge in [-0.25, -0.2) is 0 Å². The van der Waals surface area contributed by atoms with Crippen molar-refractivity contribution in [3.63, 3.8) is 0 Å². The number of piperazine rings is 2. The van der Waals surface area contributed by atoms with E-state index in [1.54, 1.807) is 0 Å². The number of likely N-dealkylation sites (N-methyl/N-ethyl adjacent to an activating group) is 1. The van der Waals surface area contributed by atoms with Gasteiger partial charge in [-0.05, 0) is 37.6 Å². The maximum atomic E-state index is 12.9. The standard InChI is InChI=1S/C23H36ClN5O/c1-2-25-9-11-26(12-10-25)19-23(30)29-8-4-7-22(18-29)28-15-13-27(14-16-28)21-6-3-5-20(24)17-21/h3,5-6,17,22H,2,4,7-16,18-19H2,1H3/t22-/m1/s1. The summed E-state index contributed by atoms with van der Waals surface area (Å²) in [7, 11) is 0. The van der Waals surface area contributed by atoms with E-state index in [-0.39, 0.29) is 0 Å². The van der Waals surface area contributed by atoms with Crippen LogP contribution in [-0.4, -0.2) is 110 Å². The van der Waals surface area contributed by atoms with Crippen molar-refractivity contribution in [2.45, 2.75) is 25.8 Å². The number of amides is 1. The molecule has 1 aromatic rings. The smallest absolute Gasteiger partial charge is 0.236 e. The maximum Gasteiger partial charge on any atom is 0.236 e. The Bertz CT molecular complexity index is 701. The molecule has 4 rings (SSSR count). The van der Waals surface area contributed by atoms with Crippen LogP contribution in [0.25, 0.3) is 0 Å². The van der Waals surface area contributed by atoms with Crippen LogP contribution < -0.4 is 4.90 Å². The van der Waals surface area contributed by atoms with Crippen LogP contribution in [-0.2, 0) is 4.79 Å². The Labute approximate surface area is 186 Å². The van der Waals surface area contributed by atoms with Crippen LogP contribution in [0.15, 0.2) is 24.3 Å². The highest BCUT2D eigenvalue weighted by atomic mass is 35.5. The Morgan fingerprint density at radius 2 is 1.73 bits per heavy atom. The quantitative estimate of drug-likeness (QED) is 0.710. The molecule has 3 aliphatic heterocycles. The first kappa shape index (κ1) is 21.9. The van der Waals surface area contributed by atoms with Crippen molar-refractivity contribution in [2.75, 3.05) is 83.4 Å². The van der Waals surface area contributed by atoms with Crippen LogP contribution in [0, 0.1) is 0 Å². The largest absolute Gasteiger partial charge is 0.369 e. The number of anilines is 1. The molecule has 7 heteroatoms. The number of hydrogen-bond acceptors (Lipinski definition) is 5. The number of carbonyl (C=O) groups excluding carboxylic acids is 1. The molecule has 0 unspecified atom stereocenters. The Morgan fingerprint density at radius 3 is 2.43 bits per heavy atom. The molecule has 30 heavy (non-hydrogen) atoms. The molecule has 0 N–H and O–H groups in total. The van der Waals surface area contributed by atoms with Gasteiger partial charge < -0.3 is 14.7 Å². The van der Waals surface area contributed by atoms with Gasteiger partial charge in [0.2, 0.25) is 5.91 Å². The highest BCUT2D eigenvalue weighted by Gasteiger charge is 2.31. The van der Waals surface area contributed by atoms with E-state index in [1.165, 1.54) is 12.1 Å². The van der Waals surface area contributed by atoms with E-state index in [2.05, 4.69) is 43.6 Å². The second-order valence-corrected chi connectivity index (χ2v) is 9.29. The highest BCUT2D eigenvalue weighted by molar-refractivity contribution is 6.30. The minimum atomic E-state index is 0.321. The summed E-state index contributed by atoms with van der Waals surface area (Å²) in [6.07, 6.45) is 2.32. The Balaban J connectivity index is 1.24. The first-order chi connectivity index (χ1) is 14.6. The van der Waals surface area contributed by atoms with Crippen LogP contribution in [0.4, 0.5) is 5.69 Å². The summed E-state index contributed by atoms with van der Waals surface area (Å²) in [6.45, 7) is 14.1. The van der Waals surface area contributed by atoms with Gasteiger partial charge in [-0.1, -0.05) is 24.6 Å². The van der Waals surface area contributed by atoms with E-state index >= 15 is 0 Å². The third kappa shape index (κ3) is 5.47. The molecule has 0 bridgehead atoms. The number of piperidine rings is 1. The fraction of sp³-hybridized carbons (Fsp3) is 0.696. The van der Waals surface area contributed by atoms with Gasteiger partial charge in [-0.2, -0.15) is 0 Å². The van der Waals surface area contributed by atoms with E-state index in [0.717, 1.165) is 83.4 Å². The fourth-order valence-corrected chi connectivity index (χ4v) is 5.24. The minimum Gasteiger partial charge on any atom is -0.369 e. The van der Waals surface area contributed by atoms with E-state index in [9.17, 15) is 4.79 Å². The molecular weight excluding hydrogens is 398 g/mol. The molecule has 0 aromatic heterocycles. The third-order valence-electron chi connectivity index (χ3n) is 7.02. The summed E-state index contributed by atoms with van der Waals surface area (Å²) in [5.41, 5.74) is 1.21. The van der Waals surface area contributed by atoms with Gasteiger partial charge in [0.15, 0.2) is 0 Å². The van der Waals surface area contributed by atoms with E-state index < -0.39 is 0 Å². The zero-order chi connectivity index (χ0) is 20.9. The molecule has 0 radical (unpaired) electrons. The molecule has 166 valence electrons. The van der Waals surface area contributed by atoms with Gasteiger partial charge in [0.05, 0.1) is 6.54 Å². The van der Waals surface area contributed by atoms with Crippen LogP contribution in [0.5, 0.6) is 0 Å². The number of benzene rings is 1. The maximum absolute atomic E-state index is 12.9. The topological polar surface area (TPSA) is 33.3 Å². The van der Waals surface area contributed by atoms with E-state index in [0.29, 0.717) is 18.5 Å². The summed E-state index contributed by atoms with van der Waals surface area (Å²) in [4.78, 5) is 24.9. The number of rotatable bonds is 5. The van der Waals surface area contributed by atoms with Crippen molar-refractivity contribution >= 4 is 23.2 Å². The summed E-state index contributed by atoms with van der Waals surface area (Å²) < 4.78 is 0. The predicted molar refractivity (Wildman–Crippen MR) is 123 cm³/mol. The lowest BCUT2D eigenvalue weighted by molar-refractivity contribution is -0.135. The molecule has 0 spiro atoms. The third-order valence-corrected chi connectivity index (χ3v) is 7.26. The number of hydrogen-bond donors (Lipinski definition) is 0. The average Bonchev–Trinajstić information content (AvgIpc) is 2.80. The monoisotopic (exact) mass is 433 g/mol. The zero-order valence-electron chi connectivity index (χ0n) is 18.3. The fourth-order valence-electron chi connectivity index (χ4n) is 5.05. The molecule has 3 heterocycles. The van der Waals surface area contributed by atoms with Gasteiger partial charge in [0.25, 0.3) is 0 Å².